The van der Waals surface area contributed by atoms with E-state index >= 15 is 0 Å². The third-order valence-electron chi connectivity index (χ3n) is 3.81. The van der Waals surface area contributed by atoms with E-state index in [1.807, 2.05) is 0 Å². The SMILES string of the molecule is COCCOC(=O)COc1ccc2c(=O)c(-c3ccc(Cl)cc3)coc2c1. The number of halogens is 1. The minimum Gasteiger partial charge on any atom is -0.482 e. The minimum atomic E-state index is -0.508. The van der Waals surface area contributed by atoms with E-state index in [1.165, 1.54) is 13.4 Å². The van der Waals surface area contributed by atoms with Crippen molar-refractivity contribution in [1.82, 2.24) is 0 Å². The molecule has 1 heterocycles. The maximum atomic E-state index is 12.7. The van der Waals surface area contributed by atoms with Gasteiger partial charge in [-0.2, -0.15) is 0 Å². The van der Waals surface area contributed by atoms with Gasteiger partial charge in [0, 0.05) is 18.2 Å². The number of hydrogen-bond donors (Lipinski definition) is 0. The fourth-order valence-corrected chi connectivity index (χ4v) is 2.58. The van der Waals surface area contributed by atoms with Crippen molar-refractivity contribution in [2.75, 3.05) is 26.9 Å². The third-order valence-corrected chi connectivity index (χ3v) is 4.06. The van der Waals surface area contributed by atoms with Gasteiger partial charge in [0.05, 0.1) is 17.6 Å². The van der Waals surface area contributed by atoms with Crippen LogP contribution < -0.4 is 10.2 Å². The Bertz CT molecular complexity index is 994. The number of carbonyl (C=O) groups is 1. The summed E-state index contributed by atoms with van der Waals surface area (Å²) >= 11 is 5.88. The largest absolute Gasteiger partial charge is 0.482 e. The van der Waals surface area contributed by atoms with Crippen LogP contribution in [0.5, 0.6) is 5.75 Å². The molecule has 27 heavy (non-hydrogen) atoms. The zero-order chi connectivity index (χ0) is 19.2. The summed E-state index contributed by atoms with van der Waals surface area (Å²) < 4.78 is 20.7. The average Bonchev–Trinajstić information content (AvgIpc) is 2.68. The molecule has 0 saturated heterocycles. The second-order valence-corrected chi connectivity index (χ2v) is 6.08. The molecule has 0 aliphatic heterocycles. The van der Waals surface area contributed by atoms with E-state index < -0.39 is 5.97 Å². The highest BCUT2D eigenvalue weighted by Crippen LogP contribution is 2.24. The van der Waals surface area contributed by atoms with E-state index in [9.17, 15) is 9.59 Å². The normalized spacial score (nSPS) is 10.7. The van der Waals surface area contributed by atoms with Gasteiger partial charge in [-0.05, 0) is 29.8 Å². The topological polar surface area (TPSA) is 75.0 Å². The molecule has 0 spiro atoms. The number of ether oxygens (including phenoxy) is 3. The molecule has 0 amide bonds. The summed E-state index contributed by atoms with van der Waals surface area (Å²) in [4.78, 5) is 24.3. The van der Waals surface area contributed by atoms with Crippen molar-refractivity contribution in [3.8, 4) is 16.9 Å². The van der Waals surface area contributed by atoms with Gasteiger partial charge in [-0.3, -0.25) is 4.79 Å². The predicted molar refractivity (Wildman–Crippen MR) is 101 cm³/mol. The number of esters is 1. The van der Waals surface area contributed by atoms with E-state index in [4.69, 9.17) is 30.2 Å². The lowest BCUT2D eigenvalue weighted by atomic mass is 10.1. The molecule has 3 rings (SSSR count). The monoisotopic (exact) mass is 388 g/mol. The maximum absolute atomic E-state index is 12.7. The molecule has 0 saturated carbocycles. The molecule has 0 radical (unpaired) electrons. The number of hydrogen-bond acceptors (Lipinski definition) is 6. The molecule has 6 nitrogen and oxygen atoms in total. The van der Waals surface area contributed by atoms with Gasteiger partial charge in [-0.15, -0.1) is 0 Å². The summed E-state index contributed by atoms with van der Waals surface area (Å²) in [5, 5.41) is 1.00. The van der Waals surface area contributed by atoms with Gasteiger partial charge in [0.15, 0.2) is 12.0 Å². The molecule has 0 N–H and O–H groups in total. The fourth-order valence-electron chi connectivity index (χ4n) is 2.45. The minimum absolute atomic E-state index is 0.163. The van der Waals surface area contributed by atoms with Crippen LogP contribution in [0.1, 0.15) is 0 Å². The molecule has 3 aromatic rings. The maximum Gasteiger partial charge on any atom is 0.344 e. The van der Waals surface area contributed by atoms with Gasteiger partial charge in [-0.1, -0.05) is 23.7 Å². The van der Waals surface area contributed by atoms with Gasteiger partial charge < -0.3 is 18.6 Å². The highest BCUT2D eigenvalue weighted by atomic mass is 35.5. The molecule has 0 unspecified atom stereocenters. The first-order valence-electron chi connectivity index (χ1n) is 8.17. The van der Waals surface area contributed by atoms with Crippen molar-refractivity contribution in [1.29, 1.82) is 0 Å². The lowest BCUT2D eigenvalue weighted by Gasteiger charge is -2.08. The van der Waals surface area contributed by atoms with E-state index in [2.05, 4.69) is 0 Å². The molecular weight excluding hydrogens is 372 g/mol. The van der Waals surface area contributed by atoms with Crippen LogP contribution in [0.3, 0.4) is 0 Å². The van der Waals surface area contributed by atoms with Crippen LogP contribution in [-0.4, -0.2) is 32.9 Å². The highest BCUT2D eigenvalue weighted by molar-refractivity contribution is 6.30. The molecule has 0 fully saturated rings. The Balaban J connectivity index is 1.77. The first kappa shape index (κ1) is 18.9. The van der Waals surface area contributed by atoms with Gasteiger partial charge in [0.2, 0.25) is 0 Å². The van der Waals surface area contributed by atoms with Gasteiger partial charge in [0.25, 0.3) is 0 Å². The molecule has 0 aliphatic rings. The van der Waals surface area contributed by atoms with E-state index in [1.54, 1.807) is 42.5 Å². The van der Waals surface area contributed by atoms with Gasteiger partial charge in [0.1, 0.15) is 24.2 Å². The van der Waals surface area contributed by atoms with Gasteiger partial charge in [-0.25, -0.2) is 4.79 Å². The first-order chi connectivity index (χ1) is 13.1. The Hall–Kier alpha value is -2.83. The molecule has 0 atom stereocenters. The smallest absolute Gasteiger partial charge is 0.344 e. The number of carbonyl (C=O) groups excluding carboxylic acids is 1. The molecule has 1 aromatic heterocycles. The van der Waals surface area contributed by atoms with Crippen LogP contribution in [0.15, 0.2) is 57.9 Å². The highest BCUT2D eigenvalue weighted by Gasteiger charge is 2.11. The Morgan fingerprint density at radius 2 is 1.89 bits per heavy atom. The Kier molecular flexibility index (Phi) is 6.11. The van der Waals surface area contributed by atoms with Crippen molar-refractivity contribution >= 4 is 28.5 Å². The fraction of sp³-hybridized carbons (Fsp3) is 0.200. The summed E-state index contributed by atoms with van der Waals surface area (Å²) in [6.07, 6.45) is 1.40. The second-order valence-electron chi connectivity index (χ2n) is 5.65. The molecule has 2 aromatic carbocycles. The number of methoxy groups -OCH3 is 1. The van der Waals surface area contributed by atoms with Gasteiger partial charge >= 0.3 is 5.97 Å². The van der Waals surface area contributed by atoms with Crippen molar-refractivity contribution < 1.29 is 23.4 Å². The average molecular weight is 389 g/mol. The second kappa shape index (κ2) is 8.70. The van der Waals surface area contributed by atoms with E-state index in [0.717, 1.165) is 0 Å². The summed E-state index contributed by atoms with van der Waals surface area (Å²) in [5.41, 5.74) is 1.36. The van der Waals surface area contributed by atoms with Crippen molar-refractivity contribution in [2.45, 2.75) is 0 Å². The van der Waals surface area contributed by atoms with Crippen LogP contribution in [0.2, 0.25) is 5.02 Å². The number of fused-ring (bicyclic) bond motifs is 1. The number of benzene rings is 2. The Morgan fingerprint density at radius 1 is 1.11 bits per heavy atom. The summed E-state index contributed by atoms with van der Waals surface area (Å²) in [6, 6.07) is 11.7. The molecule has 7 heteroatoms. The van der Waals surface area contributed by atoms with Crippen LogP contribution in [-0.2, 0) is 14.3 Å². The molecule has 0 bridgehead atoms. The predicted octanol–water partition coefficient (Wildman–Crippen LogP) is 3.68. The summed E-state index contributed by atoms with van der Waals surface area (Å²) in [5.74, 6) is -0.111. The van der Waals surface area contributed by atoms with Crippen molar-refractivity contribution in [3.63, 3.8) is 0 Å². The van der Waals surface area contributed by atoms with Crippen LogP contribution in [0.4, 0.5) is 0 Å². The summed E-state index contributed by atoms with van der Waals surface area (Å²) in [6.45, 7) is 0.240. The third kappa shape index (κ3) is 4.67. The van der Waals surface area contributed by atoms with Crippen LogP contribution >= 0.6 is 11.6 Å². The lowest BCUT2D eigenvalue weighted by molar-refractivity contribution is -0.147. The Labute approximate surface area is 160 Å². The molecule has 140 valence electrons. The Morgan fingerprint density at radius 3 is 2.63 bits per heavy atom. The van der Waals surface area contributed by atoms with Crippen LogP contribution in [0.25, 0.3) is 22.1 Å². The van der Waals surface area contributed by atoms with E-state index in [-0.39, 0.29) is 18.6 Å². The van der Waals surface area contributed by atoms with Crippen molar-refractivity contribution in [3.05, 3.63) is 64.0 Å². The standard InChI is InChI=1S/C20H17ClO6/c1-24-8-9-25-19(22)12-26-15-6-7-16-18(10-15)27-11-17(20(16)23)13-2-4-14(21)5-3-13/h2-7,10-11H,8-9,12H2,1H3. The summed E-state index contributed by atoms with van der Waals surface area (Å²) in [7, 11) is 1.52. The lowest BCUT2D eigenvalue weighted by Crippen LogP contribution is -2.17. The zero-order valence-corrected chi connectivity index (χ0v) is 15.3. The quantitative estimate of drug-likeness (QED) is 0.454. The zero-order valence-electron chi connectivity index (χ0n) is 14.6. The number of rotatable bonds is 7. The first-order valence-corrected chi connectivity index (χ1v) is 8.55. The molecule has 0 aliphatic carbocycles. The molecular formula is C20H17ClO6. The van der Waals surface area contributed by atoms with E-state index in [0.29, 0.717) is 39.5 Å². The van der Waals surface area contributed by atoms with Crippen LogP contribution in [0, 0.1) is 0 Å². The van der Waals surface area contributed by atoms with Crippen molar-refractivity contribution in [2.24, 2.45) is 0 Å².